The van der Waals surface area contributed by atoms with Gasteiger partial charge in [-0.25, -0.2) is 0 Å². The third-order valence-electron chi connectivity index (χ3n) is 2.29. The summed E-state index contributed by atoms with van der Waals surface area (Å²) in [5.41, 5.74) is 0.835. The number of hydrogen-bond donors (Lipinski definition) is 1. The van der Waals surface area contributed by atoms with Gasteiger partial charge in [-0.05, 0) is 24.6 Å². The van der Waals surface area contributed by atoms with Crippen molar-refractivity contribution in [3.8, 4) is 12.1 Å². The van der Waals surface area contributed by atoms with Crippen LogP contribution in [0, 0.1) is 22.7 Å². The Morgan fingerprint density at radius 3 is 2.82 bits per heavy atom. The molecule has 1 aromatic rings. The smallest absolute Gasteiger partial charge is 0.252 e. The highest BCUT2D eigenvalue weighted by molar-refractivity contribution is 5.94. The zero-order chi connectivity index (χ0) is 12.7. The topological polar surface area (TPSA) is 76.7 Å². The minimum atomic E-state index is -0.474. The zero-order valence-corrected chi connectivity index (χ0v) is 9.60. The maximum atomic E-state index is 11.8. The van der Waals surface area contributed by atoms with Crippen molar-refractivity contribution in [3.63, 3.8) is 0 Å². The average molecular weight is 227 g/mol. The highest BCUT2D eigenvalue weighted by Gasteiger charge is 2.12. The lowest BCUT2D eigenvalue weighted by atomic mass is 10.1. The van der Waals surface area contributed by atoms with Crippen molar-refractivity contribution in [1.29, 1.82) is 10.5 Å². The molecular formula is C13H13N3O. The van der Waals surface area contributed by atoms with Gasteiger partial charge in [-0.1, -0.05) is 19.4 Å². The summed E-state index contributed by atoms with van der Waals surface area (Å²) in [5.74, 6) is -0.317. The molecule has 0 radical (unpaired) electrons. The summed E-state index contributed by atoms with van der Waals surface area (Å²) in [5, 5.41) is 20.2. The zero-order valence-electron chi connectivity index (χ0n) is 9.60. The van der Waals surface area contributed by atoms with Crippen LogP contribution in [0.4, 0.5) is 0 Å². The molecule has 0 spiro atoms. The highest BCUT2D eigenvalue weighted by atomic mass is 16.1. The van der Waals surface area contributed by atoms with Crippen LogP contribution in [-0.4, -0.2) is 11.9 Å². The number of benzene rings is 1. The van der Waals surface area contributed by atoms with E-state index in [4.69, 9.17) is 10.5 Å². The van der Waals surface area contributed by atoms with Crippen molar-refractivity contribution in [2.75, 3.05) is 0 Å². The van der Waals surface area contributed by atoms with Crippen LogP contribution in [0.25, 0.3) is 0 Å². The number of hydrogen-bond acceptors (Lipinski definition) is 3. The molecule has 86 valence electrons. The molecule has 1 unspecified atom stereocenters. The number of amides is 1. The second kappa shape index (κ2) is 6.30. The molecule has 0 fully saturated rings. The fourth-order valence-corrected chi connectivity index (χ4v) is 1.43. The monoisotopic (exact) mass is 227 g/mol. The van der Waals surface area contributed by atoms with Crippen molar-refractivity contribution in [2.45, 2.75) is 25.8 Å². The van der Waals surface area contributed by atoms with E-state index in [1.807, 2.05) is 19.1 Å². The summed E-state index contributed by atoms with van der Waals surface area (Å²) < 4.78 is 0. The number of nitrogens with one attached hydrogen (secondary N) is 1. The molecule has 17 heavy (non-hydrogen) atoms. The van der Waals surface area contributed by atoms with Crippen LogP contribution < -0.4 is 5.32 Å². The van der Waals surface area contributed by atoms with E-state index in [0.29, 0.717) is 17.5 Å². The van der Waals surface area contributed by atoms with Gasteiger partial charge < -0.3 is 5.32 Å². The molecule has 4 heteroatoms. The number of nitrogens with zero attached hydrogens (tertiary/aromatic N) is 2. The second-order valence-corrected chi connectivity index (χ2v) is 3.64. The number of rotatable bonds is 4. The van der Waals surface area contributed by atoms with E-state index in [9.17, 15) is 4.79 Å². The van der Waals surface area contributed by atoms with Crippen LogP contribution in [0.15, 0.2) is 24.3 Å². The lowest BCUT2D eigenvalue weighted by molar-refractivity contribution is 0.0944. The lowest BCUT2D eigenvalue weighted by Crippen LogP contribution is -2.33. The Labute approximate surface area is 100 Å². The first kappa shape index (κ1) is 12.7. The Morgan fingerprint density at radius 1 is 1.47 bits per heavy atom. The summed E-state index contributed by atoms with van der Waals surface area (Å²) in [4.78, 5) is 11.8. The summed E-state index contributed by atoms with van der Waals surface area (Å²) >= 11 is 0. The predicted molar refractivity (Wildman–Crippen MR) is 62.9 cm³/mol. The predicted octanol–water partition coefficient (Wildman–Crippen LogP) is 1.98. The van der Waals surface area contributed by atoms with Gasteiger partial charge in [-0.2, -0.15) is 10.5 Å². The first-order chi connectivity index (χ1) is 8.21. The molecule has 0 saturated heterocycles. The van der Waals surface area contributed by atoms with Crippen molar-refractivity contribution in [1.82, 2.24) is 5.32 Å². The van der Waals surface area contributed by atoms with Gasteiger partial charge >= 0.3 is 0 Å². The van der Waals surface area contributed by atoms with Crippen molar-refractivity contribution in [3.05, 3.63) is 35.4 Å². The molecule has 1 N–H and O–H groups in total. The van der Waals surface area contributed by atoms with E-state index >= 15 is 0 Å². The Hall–Kier alpha value is -2.33. The Kier molecular flexibility index (Phi) is 4.72. The molecule has 0 saturated carbocycles. The third kappa shape index (κ3) is 3.62. The molecule has 0 bridgehead atoms. The van der Waals surface area contributed by atoms with Crippen LogP contribution in [0.5, 0.6) is 0 Å². The minimum absolute atomic E-state index is 0.317. The van der Waals surface area contributed by atoms with E-state index < -0.39 is 6.04 Å². The average Bonchev–Trinajstić information content (AvgIpc) is 2.38. The highest BCUT2D eigenvalue weighted by Crippen LogP contribution is 2.05. The molecule has 1 atom stereocenters. The first-order valence-corrected chi connectivity index (χ1v) is 5.42. The quantitative estimate of drug-likeness (QED) is 0.854. The molecule has 0 aliphatic rings. The van der Waals surface area contributed by atoms with Gasteiger partial charge in [0.05, 0.1) is 17.7 Å². The maximum absolute atomic E-state index is 11.8. The SMILES string of the molecule is CCCC(C#N)NC(=O)c1cccc(C#N)c1. The summed E-state index contributed by atoms with van der Waals surface area (Å²) in [7, 11) is 0. The number of nitriles is 2. The van der Waals surface area contributed by atoms with Crippen LogP contribution in [0.3, 0.4) is 0 Å². The summed E-state index contributed by atoms with van der Waals surface area (Å²) in [6.45, 7) is 1.95. The second-order valence-electron chi connectivity index (χ2n) is 3.64. The van der Waals surface area contributed by atoms with Gasteiger partial charge in [0, 0.05) is 5.56 Å². The number of carbonyl (C=O) groups excluding carboxylic acids is 1. The first-order valence-electron chi connectivity index (χ1n) is 5.42. The van der Waals surface area contributed by atoms with Gasteiger partial charge in [0.2, 0.25) is 0 Å². The van der Waals surface area contributed by atoms with Crippen molar-refractivity contribution < 1.29 is 4.79 Å². The van der Waals surface area contributed by atoms with E-state index in [-0.39, 0.29) is 5.91 Å². The fraction of sp³-hybridized carbons (Fsp3) is 0.308. The normalized spacial score (nSPS) is 11.0. The molecule has 1 aromatic carbocycles. The van der Waals surface area contributed by atoms with Crippen LogP contribution in [0.1, 0.15) is 35.7 Å². The van der Waals surface area contributed by atoms with Gasteiger partial charge in [0.25, 0.3) is 5.91 Å². The van der Waals surface area contributed by atoms with E-state index in [1.165, 1.54) is 6.07 Å². The fourth-order valence-electron chi connectivity index (χ4n) is 1.43. The van der Waals surface area contributed by atoms with Gasteiger partial charge in [0.1, 0.15) is 6.04 Å². The lowest BCUT2D eigenvalue weighted by Gasteiger charge is -2.10. The van der Waals surface area contributed by atoms with E-state index in [0.717, 1.165) is 6.42 Å². The van der Waals surface area contributed by atoms with Crippen LogP contribution in [-0.2, 0) is 0 Å². The molecule has 1 rings (SSSR count). The summed E-state index contributed by atoms with van der Waals surface area (Å²) in [6, 6.07) is 9.94. The summed E-state index contributed by atoms with van der Waals surface area (Å²) in [6.07, 6.45) is 1.46. The van der Waals surface area contributed by atoms with E-state index in [2.05, 4.69) is 5.32 Å². The Morgan fingerprint density at radius 2 is 2.24 bits per heavy atom. The third-order valence-corrected chi connectivity index (χ3v) is 2.29. The van der Waals surface area contributed by atoms with Crippen LogP contribution >= 0.6 is 0 Å². The molecule has 0 aromatic heterocycles. The molecule has 0 aliphatic carbocycles. The largest absolute Gasteiger partial charge is 0.336 e. The maximum Gasteiger partial charge on any atom is 0.252 e. The van der Waals surface area contributed by atoms with Gasteiger partial charge in [-0.15, -0.1) is 0 Å². The molecule has 0 aliphatic heterocycles. The molecule has 4 nitrogen and oxygen atoms in total. The number of carbonyl (C=O) groups is 1. The molecular weight excluding hydrogens is 214 g/mol. The van der Waals surface area contributed by atoms with Crippen LogP contribution in [0.2, 0.25) is 0 Å². The van der Waals surface area contributed by atoms with Crippen molar-refractivity contribution in [2.24, 2.45) is 0 Å². The Bertz CT molecular complexity index is 482. The molecule has 0 heterocycles. The van der Waals surface area contributed by atoms with Crippen molar-refractivity contribution >= 4 is 5.91 Å². The molecule has 1 amide bonds. The van der Waals surface area contributed by atoms with Gasteiger partial charge in [0.15, 0.2) is 0 Å². The van der Waals surface area contributed by atoms with E-state index in [1.54, 1.807) is 18.2 Å². The minimum Gasteiger partial charge on any atom is -0.336 e. The Balaban J connectivity index is 2.76. The standard InChI is InChI=1S/C13H13N3O/c1-2-4-12(9-15)16-13(17)11-6-3-5-10(7-11)8-14/h3,5-7,12H,2,4H2,1H3,(H,16,17). The van der Waals surface area contributed by atoms with Gasteiger partial charge in [-0.3, -0.25) is 4.79 Å².